The number of thioether (sulfide) groups is 1. The van der Waals surface area contributed by atoms with Crippen LogP contribution in [0.15, 0.2) is 51.8 Å². The Bertz CT molecular complexity index is 643. The highest BCUT2D eigenvalue weighted by atomic mass is 79.9. The first-order valence-corrected chi connectivity index (χ1v) is 8.40. The van der Waals surface area contributed by atoms with Gasteiger partial charge < -0.3 is 10.0 Å². The zero-order valence-electron chi connectivity index (χ0n) is 11.8. The quantitative estimate of drug-likeness (QED) is 0.791. The Morgan fingerprint density at radius 3 is 2.48 bits per heavy atom. The molecule has 0 spiro atoms. The van der Waals surface area contributed by atoms with Crippen LogP contribution in [0.3, 0.4) is 0 Å². The van der Waals surface area contributed by atoms with Crippen LogP contribution in [0.25, 0.3) is 0 Å². The Labute approximate surface area is 137 Å². The molecule has 0 aliphatic rings. The second-order valence-electron chi connectivity index (χ2n) is 4.64. The third-order valence-corrected chi connectivity index (χ3v) is 4.49. The minimum Gasteiger partial charge on any atom is -0.478 e. The molecule has 0 atom stereocenters. The van der Waals surface area contributed by atoms with Crippen molar-refractivity contribution in [2.75, 3.05) is 18.2 Å². The third-order valence-electron chi connectivity index (χ3n) is 3.18. The first-order chi connectivity index (χ1) is 10.0. The zero-order valence-corrected chi connectivity index (χ0v) is 14.2. The summed E-state index contributed by atoms with van der Waals surface area (Å²) in [4.78, 5) is 14.3. The number of benzene rings is 2. The van der Waals surface area contributed by atoms with E-state index in [2.05, 4.69) is 15.9 Å². The fraction of sp³-hybridized carbons (Fsp3) is 0.188. The molecule has 0 aliphatic carbocycles. The summed E-state index contributed by atoms with van der Waals surface area (Å²) in [6, 6.07) is 13.6. The maximum absolute atomic E-state index is 11.6. The Hall–Kier alpha value is -1.46. The first kappa shape index (κ1) is 15.9. The van der Waals surface area contributed by atoms with Crippen molar-refractivity contribution in [2.45, 2.75) is 11.4 Å². The molecule has 2 aromatic rings. The molecule has 0 saturated heterocycles. The van der Waals surface area contributed by atoms with E-state index in [9.17, 15) is 9.90 Å². The highest BCUT2D eigenvalue weighted by Crippen LogP contribution is 2.30. The largest absolute Gasteiger partial charge is 0.478 e. The van der Waals surface area contributed by atoms with Crippen LogP contribution in [0.5, 0.6) is 0 Å². The van der Waals surface area contributed by atoms with Gasteiger partial charge in [0.05, 0.1) is 11.3 Å². The fourth-order valence-corrected chi connectivity index (χ4v) is 3.05. The highest BCUT2D eigenvalue weighted by molar-refractivity contribution is 9.10. The van der Waals surface area contributed by atoms with E-state index in [1.807, 2.05) is 60.7 Å². The van der Waals surface area contributed by atoms with Crippen LogP contribution < -0.4 is 4.90 Å². The lowest BCUT2D eigenvalue weighted by molar-refractivity contribution is 0.0694. The average molecular weight is 366 g/mol. The monoisotopic (exact) mass is 365 g/mol. The Kier molecular flexibility index (Phi) is 5.31. The summed E-state index contributed by atoms with van der Waals surface area (Å²) in [6.07, 6.45) is 1.89. The lowest BCUT2D eigenvalue weighted by Crippen LogP contribution is -2.19. The summed E-state index contributed by atoms with van der Waals surface area (Å²) in [7, 11) is 1.91. The van der Waals surface area contributed by atoms with Gasteiger partial charge in [-0.05, 0) is 36.1 Å². The molecule has 0 aromatic heterocycles. The third kappa shape index (κ3) is 3.80. The number of halogens is 1. The van der Waals surface area contributed by atoms with E-state index in [1.165, 1.54) is 11.8 Å². The van der Waals surface area contributed by atoms with E-state index in [4.69, 9.17) is 0 Å². The molecule has 1 N–H and O–H groups in total. The molecule has 2 aromatic carbocycles. The number of aromatic carboxylic acids is 1. The topological polar surface area (TPSA) is 40.5 Å². The molecule has 0 unspecified atom stereocenters. The van der Waals surface area contributed by atoms with Crippen molar-refractivity contribution < 1.29 is 9.90 Å². The molecule has 2 rings (SSSR count). The number of carbonyl (C=O) groups is 1. The predicted molar refractivity (Wildman–Crippen MR) is 91.4 cm³/mol. The number of carboxylic acid groups (broad SMARTS) is 1. The molecular formula is C16H16BrNO2S. The average Bonchev–Trinajstić information content (AvgIpc) is 2.48. The summed E-state index contributed by atoms with van der Waals surface area (Å²) >= 11 is 4.86. The molecule has 0 saturated carbocycles. The summed E-state index contributed by atoms with van der Waals surface area (Å²) in [5, 5.41) is 9.48. The lowest BCUT2D eigenvalue weighted by Gasteiger charge is -2.22. The van der Waals surface area contributed by atoms with Crippen LogP contribution in [0.4, 0.5) is 5.69 Å². The molecule has 0 fully saturated rings. The predicted octanol–water partition coefficient (Wildman–Crippen LogP) is 4.51. The molecular weight excluding hydrogens is 350 g/mol. The van der Waals surface area contributed by atoms with Gasteiger partial charge in [0, 0.05) is 23.0 Å². The van der Waals surface area contributed by atoms with Crippen molar-refractivity contribution in [1.82, 2.24) is 0 Å². The summed E-state index contributed by atoms with van der Waals surface area (Å²) < 4.78 is 1.03. The molecule has 0 radical (unpaired) electrons. The van der Waals surface area contributed by atoms with Crippen molar-refractivity contribution in [1.29, 1.82) is 0 Å². The normalized spacial score (nSPS) is 10.4. The number of hydrogen-bond donors (Lipinski definition) is 1. The molecule has 110 valence electrons. The van der Waals surface area contributed by atoms with Crippen LogP contribution in [0, 0.1) is 0 Å². The van der Waals surface area contributed by atoms with Crippen LogP contribution in [0.2, 0.25) is 0 Å². The summed E-state index contributed by atoms with van der Waals surface area (Å²) in [5.41, 5.74) is 2.23. The minimum atomic E-state index is -0.891. The van der Waals surface area contributed by atoms with E-state index in [1.54, 1.807) is 0 Å². The Morgan fingerprint density at radius 1 is 1.24 bits per heavy atom. The molecule has 5 heteroatoms. The van der Waals surface area contributed by atoms with Crippen molar-refractivity contribution in [3.8, 4) is 0 Å². The molecule has 0 aliphatic heterocycles. The van der Waals surface area contributed by atoms with Gasteiger partial charge in [0.15, 0.2) is 0 Å². The van der Waals surface area contributed by atoms with Crippen molar-refractivity contribution >= 4 is 39.3 Å². The van der Waals surface area contributed by atoms with Gasteiger partial charge in [0.1, 0.15) is 0 Å². The smallest absolute Gasteiger partial charge is 0.338 e. The molecule has 21 heavy (non-hydrogen) atoms. The van der Waals surface area contributed by atoms with E-state index in [0.29, 0.717) is 12.1 Å². The van der Waals surface area contributed by atoms with Gasteiger partial charge in [-0.1, -0.05) is 34.1 Å². The second-order valence-corrected chi connectivity index (χ2v) is 6.41. The van der Waals surface area contributed by atoms with Gasteiger partial charge in [0.25, 0.3) is 0 Å². The highest BCUT2D eigenvalue weighted by Gasteiger charge is 2.17. The zero-order chi connectivity index (χ0) is 15.4. The van der Waals surface area contributed by atoms with Gasteiger partial charge >= 0.3 is 5.97 Å². The Morgan fingerprint density at radius 2 is 1.90 bits per heavy atom. The maximum atomic E-state index is 11.6. The van der Waals surface area contributed by atoms with Gasteiger partial charge in [-0.15, -0.1) is 11.8 Å². The van der Waals surface area contributed by atoms with Crippen LogP contribution in [-0.2, 0) is 6.54 Å². The SMILES string of the molecule is CSc1cccc(N(C)Cc2ccc(Br)cc2)c1C(=O)O. The number of carboxylic acids is 1. The van der Waals surface area contributed by atoms with Crippen LogP contribution >= 0.6 is 27.7 Å². The number of anilines is 1. The number of nitrogens with zero attached hydrogens (tertiary/aromatic N) is 1. The van der Waals surface area contributed by atoms with Crippen molar-refractivity contribution in [3.05, 3.63) is 58.1 Å². The van der Waals surface area contributed by atoms with E-state index < -0.39 is 5.97 Å². The fourth-order valence-electron chi connectivity index (χ4n) is 2.17. The van der Waals surface area contributed by atoms with Gasteiger partial charge in [-0.25, -0.2) is 4.79 Å². The standard InChI is InChI=1S/C16H16BrNO2S/c1-18(10-11-6-8-12(17)9-7-11)13-4-3-5-14(21-2)15(13)16(19)20/h3-9H,10H2,1-2H3,(H,19,20). The molecule has 0 bridgehead atoms. The molecule has 3 nitrogen and oxygen atoms in total. The van der Waals surface area contributed by atoms with Gasteiger partial charge in [-0.3, -0.25) is 0 Å². The molecule has 0 heterocycles. The summed E-state index contributed by atoms with van der Waals surface area (Å²) in [5.74, 6) is -0.891. The molecule has 0 amide bonds. The van der Waals surface area contributed by atoms with Crippen molar-refractivity contribution in [2.24, 2.45) is 0 Å². The second kappa shape index (κ2) is 7.00. The van der Waals surface area contributed by atoms with E-state index in [-0.39, 0.29) is 0 Å². The first-order valence-electron chi connectivity index (χ1n) is 6.39. The van der Waals surface area contributed by atoms with Crippen LogP contribution in [0.1, 0.15) is 15.9 Å². The van der Waals surface area contributed by atoms with Gasteiger partial charge in [-0.2, -0.15) is 0 Å². The van der Waals surface area contributed by atoms with Crippen molar-refractivity contribution in [3.63, 3.8) is 0 Å². The van der Waals surface area contributed by atoms with E-state index in [0.717, 1.165) is 20.6 Å². The van der Waals surface area contributed by atoms with Gasteiger partial charge in [0.2, 0.25) is 0 Å². The number of rotatable bonds is 5. The number of hydrogen-bond acceptors (Lipinski definition) is 3. The van der Waals surface area contributed by atoms with E-state index >= 15 is 0 Å². The lowest BCUT2D eigenvalue weighted by atomic mass is 10.1. The maximum Gasteiger partial charge on any atom is 0.338 e. The Balaban J connectivity index is 2.32. The van der Waals surface area contributed by atoms with Crippen LogP contribution in [-0.4, -0.2) is 24.4 Å². The summed E-state index contributed by atoms with van der Waals surface area (Å²) in [6.45, 7) is 0.658. The minimum absolute atomic E-state index is 0.365.